The van der Waals surface area contributed by atoms with E-state index >= 15 is 0 Å². The van der Waals surface area contributed by atoms with Crippen LogP contribution in [-0.2, 0) is 23.1 Å². The molecule has 0 aliphatic heterocycles. The molecule has 6 nitrogen and oxygen atoms in total. The Morgan fingerprint density at radius 2 is 2.10 bits per heavy atom. The minimum absolute atomic E-state index is 0.123. The van der Waals surface area contributed by atoms with E-state index in [0.717, 1.165) is 11.3 Å². The molecule has 0 atom stereocenters. The van der Waals surface area contributed by atoms with Gasteiger partial charge < -0.3 is 10.2 Å². The largest absolute Gasteiger partial charge is 0.464 e. The van der Waals surface area contributed by atoms with Crippen molar-refractivity contribution in [2.24, 2.45) is 5.73 Å². The number of nitrogens with one attached hydrogen (secondary N) is 1. The van der Waals surface area contributed by atoms with E-state index in [1.165, 1.54) is 6.07 Å². The molecular formula is C13H17N3O3S. The SMILES string of the molecule is Cc1ccc(CNS(=O)(=O)c2cc(CN)oc2C)cn1. The molecule has 2 heterocycles. The fraction of sp³-hybridized carbons (Fsp3) is 0.308. The van der Waals surface area contributed by atoms with Gasteiger partial charge in [0.2, 0.25) is 10.0 Å². The Morgan fingerprint density at radius 3 is 2.65 bits per heavy atom. The molecule has 0 amide bonds. The second-order valence-electron chi connectivity index (χ2n) is 4.47. The average Bonchev–Trinajstić information content (AvgIpc) is 2.80. The number of aryl methyl sites for hydroxylation is 2. The lowest BCUT2D eigenvalue weighted by Gasteiger charge is -2.05. The molecule has 0 aliphatic rings. The predicted octanol–water partition coefficient (Wildman–Crippen LogP) is 1.23. The van der Waals surface area contributed by atoms with Crippen LogP contribution in [0, 0.1) is 13.8 Å². The zero-order chi connectivity index (χ0) is 14.8. The summed E-state index contributed by atoms with van der Waals surface area (Å²) in [5.41, 5.74) is 7.11. The first-order valence-electron chi connectivity index (χ1n) is 6.13. The zero-order valence-electron chi connectivity index (χ0n) is 11.4. The maximum atomic E-state index is 12.2. The lowest BCUT2D eigenvalue weighted by atomic mass is 10.2. The van der Waals surface area contributed by atoms with E-state index in [4.69, 9.17) is 10.2 Å². The van der Waals surface area contributed by atoms with Crippen LogP contribution in [0.1, 0.15) is 22.8 Å². The van der Waals surface area contributed by atoms with Gasteiger partial charge in [0.1, 0.15) is 16.4 Å². The van der Waals surface area contributed by atoms with Gasteiger partial charge in [0.05, 0.1) is 6.54 Å². The second-order valence-corrected chi connectivity index (χ2v) is 6.21. The van der Waals surface area contributed by atoms with Crippen LogP contribution in [0.2, 0.25) is 0 Å². The van der Waals surface area contributed by atoms with E-state index in [-0.39, 0.29) is 18.0 Å². The van der Waals surface area contributed by atoms with Gasteiger partial charge in [-0.3, -0.25) is 4.98 Å². The first-order valence-corrected chi connectivity index (χ1v) is 7.61. The van der Waals surface area contributed by atoms with Crippen LogP contribution in [0.3, 0.4) is 0 Å². The van der Waals surface area contributed by atoms with Crippen molar-refractivity contribution in [2.45, 2.75) is 31.8 Å². The summed E-state index contributed by atoms with van der Waals surface area (Å²) in [4.78, 5) is 4.24. The topological polar surface area (TPSA) is 98.2 Å². The van der Waals surface area contributed by atoms with Crippen molar-refractivity contribution in [3.8, 4) is 0 Å². The second kappa shape index (κ2) is 5.74. The third-order valence-corrected chi connectivity index (χ3v) is 4.36. The van der Waals surface area contributed by atoms with Crippen LogP contribution in [0.25, 0.3) is 0 Å². The maximum absolute atomic E-state index is 12.2. The van der Waals surface area contributed by atoms with Crippen molar-refractivity contribution in [2.75, 3.05) is 0 Å². The highest BCUT2D eigenvalue weighted by Crippen LogP contribution is 2.19. The standard InChI is InChI=1S/C13H17N3O3S/c1-9-3-4-11(7-15-9)8-16-20(17,18)13-5-12(6-14)19-10(13)2/h3-5,7,16H,6,8,14H2,1-2H3. The van der Waals surface area contributed by atoms with Gasteiger partial charge in [-0.05, 0) is 25.5 Å². The highest BCUT2D eigenvalue weighted by Gasteiger charge is 2.20. The highest BCUT2D eigenvalue weighted by molar-refractivity contribution is 7.89. The Morgan fingerprint density at radius 1 is 1.35 bits per heavy atom. The Bertz CT molecular complexity index is 690. The molecule has 0 bridgehead atoms. The molecule has 108 valence electrons. The minimum Gasteiger partial charge on any atom is -0.464 e. The van der Waals surface area contributed by atoms with Gasteiger partial charge in [0, 0.05) is 24.5 Å². The third-order valence-electron chi connectivity index (χ3n) is 2.85. The van der Waals surface area contributed by atoms with Gasteiger partial charge in [-0.2, -0.15) is 0 Å². The normalized spacial score (nSPS) is 11.8. The molecule has 0 spiro atoms. The summed E-state index contributed by atoms with van der Waals surface area (Å²) in [5.74, 6) is 0.778. The van der Waals surface area contributed by atoms with E-state index in [1.807, 2.05) is 19.1 Å². The molecule has 0 radical (unpaired) electrons. The van der Waals surface area contributed by atoms with Crippen LogP contribution < -0.4 is 10.5 Å². The molecule has 0 aromatic carbocycles. The molecule has 7 heteroatoms. The number of hydrogen-bond donors (Lipinski definition) is 2. The first-order chi connectivity index (χ1) is 9.42. The van der Waals surface area contributed by atoms with Crippen LogP contribution >= 0.6 is 0 Å². The van der Waals surface area contributed by atoms with E-state index in [0.29, 0.717) is 11.5 Å². The Balaban J connectivity index is 2.14. The summed E-state index contributed by atoms with van der Waals surface area (Å²) in [6.45, 7) is 3.81. The van der Waals surface area contributed by atoms with Crippen molar-refractivity contribution in [1.82, 2.24) is 9.71 Å². The summed E-state index contributed by atoms with van der Waals surface area (Å²) < 4.78 is 32.2. The summed E-state index contributed by atoms with van der Waals surface area (Å²) in [7, 11) is -3.62. The van der Waals surface area contributed by atoms with Gasteiger partial charge >= 0.3 is 0 Å². The molecule has 0 saturated carbocycles. The van der Waals surface area contributed by atoms with Crippen molar-refractivity contribution in [3.05, 3.63) is 47.2 Å². The fourth-order valence-corrected chi connectivity index (χ4v) is 2.97. The number of aromatic nitrogens is 1. The van der Waals surface area contributed by atoms with Gasteiger partial charge in [0.15, 0.2) is 0 Å². The number of nitrogens with two attached hydrogens (primary N) is 1. The molecule has 0 aliphatic carbocycles. The number of pyridine rings is 1. The molecular weight excluding hydrogens is 278 g/mol. The summed E-state index contributed by atoms with van der Waals surface area (Å²) in [6.07, 6.45) is 1.64. The Labute approximate surface area is 118 Å². The molecule has 2 aromatic heterocycles. The first kappa shape index (κ1) is 14.7. The summed E-state index contributed by atoms with van der Waals surface area (Å²) >= 11 is 0. The number of rotatable bonds is 5. The average molecular weight is 295 g/mol. The molecule has 2 aromatic rings. The van der Waals surface area contributed by atoms with Crippen LogP contribution in [-0.4, -0.2) is 13.4 Å². The summed E-state index contributed by atoms with van der Waals surface area (Å²) in [6, 6.07) is 5.11. The lowest BCUT2D eigenvalue weighted by Crippen LogP contribution is -2.23. The van der Waals surface area contributed by atoms with Crippen LogP contribution in [0.5, 0.6) is 0 Å². The monoisotopic (exact) mass is 295 g/mol. The van der Waals surface area contributed by atoms with E-state index < -0.39 is 10.0 Å². The van der Waals surface area contributed by atoms with Crippen LogP contribution in [0.15, 0.2) is 33.7 Å². The summed E-state index contributed by atoms with van der Waals surface area (Å²) in [5, 5.41) is 0. The molecule has 3 N–H and O–H groups in total. The van der Waals surface area contributed by atoms with Crippen molar-refractivity contribution in [1.29, 1.82) is 0 Å². The van der Waals surface area contributed by atoms with Gasteiger partial charge in [-0.25, -0.2) is 13.1 Å². The lowest BCUT2D eigenvalue weighted by molar-refractivity contribution is 0.478. The van der Waals surface area contributed by atoms with Gasteiger partial charge in [0.25, 0.3) is 0 Å². The number of nitrogens with zero attached hydrogens (tertiary/aromatic N) is 1. The molecule has 2 rings (SSSR count). The third kappa shape index (κ3) is 3.24. The quantitative estimate of drug-likeness (QED) is 0.864. The molecule has 0 saturated heterocycles. The van der Waals surface area contributed by atoms with E-state index in [1.54, 1.807) is 13.1 Å². The minimum atomic E-state index is -3.62. The fourth-order valence-electron chi connectivity index (χ4n) is 1.75. The molecule has 0 unspecified atom stereocenters. The van der Waals surface area contributed by atoms with Crippen molar-refractivity contribution >= 4 is 10.0 Å². The number of furan rings is 1. The highest BCUT2D eigenvalue weighted by atomic mass is 32.2. The van der Waals surface area contributed by atoms with E-state index in [9.17, 15) is 8.42 Å². The Hall–Kier alpha value is -1.70. The smallest absolute Gasteiger partial charge is 0.244 e. The molecule has 20 heavy (non-hydrogen) atoms. The number of hydrogen-bond acceptors (Lipinski definition) is 5. The van der Waals surface area contributed by atoms with Crippen molar-refractivity contribution in [3.63, 3.8) is 0 Å². The number of sulfonamides is 1. The Kier molecular flexibility index (Phi) is 4.22. The molecule has 0 fully saturated rings. The van der Waals surface area contributed by atoms with Gasteiger partial charge in [-0.1, -0.05) is 6.07 Å². The van der Waals surface area contributed by atoms with Crippen LogP contribution in [0.4, 0.5) is 0 Å². The van der Waals surface area contributed by atoms with Crippen molar-refractivity contribution < 1.29 is 12.8 Å². The predicted molar refractivity (Wildman–Crippen MR) is 74.3 cm³/mol. The maximum Gasteiger partial charge on any atom is 0.244 e. The zero-order valence-corrected chi connectivity index (χ0v) is 12.2. The van der Waals surface area contributed by atoms with E-state index in [2.05, 4.69) is 9.71 Å². The van der Waals surface area contributed by atoms with Gasteiger partial charge in [-0.15, -0.1) is 0 Å².